The summed E-state index contributed by atoms with van der Waals surface area (Å²) in [6, 6.07) is 5.21. The Kier molecular flexibility index (Phi) is 3.54. The summed E-state index contributed by atoms with van der Waals surface area (Å²) in [7, 11) is 0. The van der Waals surface area contributed by atoms with Gasteiger partial charge >= 0.3 is 0 Å². The normalized spacial score (nSPS) is 19.3. The lowest BCUT2D eigenvalue weighted by Crippen LogP contribution is -2.33. The highest BCUT2D eigenvalue weighted by Gasteiger charge is 2.28. The van der Waals surface area contributed by atoms with Crippen LogP contribution in [0.4, 0.5) is 0 Å². The second kappa shape index (κ2) is 4.96. The number of hydrogen-bond acceptors (Lipinski definition) is 4. The van der Waals surface area contributed by atoms with Crippen LogP contribution in [0.1, 0.15) is 12.2 Å². The SMILES string of the molecule is Cl.N[C@H]1CCN(Cc2cc3ncccc3o2)C1=O. The van der Waals surface area contributed by atoms with Gasteiger partial charge in [0.1, 0.15) is 11.3 Å². The molecule has 5 nitrogen and oxygen atoms in total. The predicted molar refractivity (Wildman–Crippen MR) is 69.3 cm³/mol. The van der Waals surface area contributed by atoms with Crippen LogP contribution < -0.4 is 5.73 Å². The van der Waals surface area contributed by atoms with Gasteiger partial charge in [-0.1, -0.05) is 0 Å². The zero-order valence-electron chi connectivity index (χ0n) is 9.70. The molecule has 1 amide bonds. The molecule has 2 N–H and O–H groups in total. The number of amides is 1. The molecular weight excluding hydrogens is 254 g/mol. The lowest BCUT2D eigenvalue weighted by Gasteiger charge is -2.13. The zero-order chi connectivity index (χ0) is 11.8. The smallest absolute Gasteiger partial charge is 0.239 e. The summed E-state index contributed by atoms with van der Waals surface area (Å²) in [5, 5.41) is 0. The number of carbonyl (C=O) groups is 1. The van der Waals surface area contributed by atoms with Gasteiger partial charge in [0, 0.05) is 18.8 Å². The van der Waals surface area contributed by atoms with Crippen LogP contribution in [0.5, 0.6) is 0 Å². The van der Waals surface area contributed by atoms with Crippen LogP contribution in [0, 0.1) is 0 Å². The number of nitrogens with zero attached hydrogens (tertiary/aromatic N) is 2. The van der Waals surface area contributed by atoms with Crippen molar-refractivity contribution in [1.29, 1.82) is 0 Å². The predicted octanol–water partition coefficient (Wildman–Crippen LogP) is 1.31. The van der Waals surface area contributed by atoms with Crippen LogP contribution in [-0.4, -0.2) is 28.4 Å². The molecule has 2 aromatic rings. The molecule has 1 atom stereocenters. The first-order valence-electron chi connectivity index (χ1n) is 5.62. The summed E-state index contributed by atoms with van der Waals surface area (Å²) in [5.41, 5.74) is 7.23. The highest BCUT2D eigenvalue weighted by molar-refractivity contribution is 5.85. The van der Waals surface area contributed by atoms with Gasteiger partial charge in [0.25, 0.3) is 0 Å². The number of nitrogens with two attached hydrogens (primary N) is 1. The number of aromatic nitrogens is 1. The molecule has 1 saturated heterocycles. The van der Waals surface area contributed by atoms with E-state index in [1.807, 2.05) is 18.2 Å². The summed E-state index contributed by atoms with van der Waals surface area (Å²) in [6.07, 6.45) is 2.44. The van der Waals surface area contributed by atoms with Gasteiger partial charge < -0.3 is 15.1 Å². The monoisotopic (exact) mass is 267 g/mol. The molecule has 96 valence electrons. The maximum absolute atomic E-state index is 11.7. The molecule has 3 heterocycles. The number of carbonyl (C=O) groups excluding carboxylic acids is 1. The fourth-order valence-electron chi connectivity index (χ4n) is 2.11. The maximum Gasteiger partial charge on any atom is 0.239 e. The van der Waals surface area contributed by atoms with Crippen molar-refractivity contribution in [3.05, 3.63) is 30.2 Å². The standard InChI is InChI=1S/C12H13N3O2.ClH/c13-9-3-5-15(12(9)16)7-8-6-10-11(17-8)2-1-4-14-10;/h1-2,4,6,9H,3,5,7,13H2;1H/t9-;/m0./s1. The van der Waals surface area contributed by atoms with Crippen molar-refractivity contribution in [3.8, 4) is 0 Å². The van der Waals surface area contributed by atoms with Crippen LogP contribution in [0.3, 0.4) is 0 Å². The molecule has 6 heteroatoms. The average Bonchev–Trinajstić information content (AvgIpc) is 2.87. The minimum absolute atomic E-state index is 0. The summed E-state index contributed by atoms with van der Waals surface area (Å²) in [4.78, 5) is 17.6. The highest BCUT2D eigenvalue weighted by Crippen LogP contribution is 2.20. The number of pyridine rings is 1. The average molecular weight is 268 g/mol. The Bertz CT molecular complexity index is 536. The van der Waals surface area contributed by atoms with Crippen LogP contribution in [0.2, 0.25) is 0 Å². The third kappa shape index (κ3) is 2.19. The fraction of sp³-hybridized carbons (Fsp3) is 0.333. The number of furan rings is 1. The molecule has 1 aliphatic rings. The van der Waals surface area contributed by atoms with Crippen molar-refractivity contribution in [1.82, 2.24) is 9.88 Å². The van der Waals surface area contributed by atoms with Crippen molar-refractivity contribution in [2.75, 3.05) is 6.54 Å². The van der Waals surface area contributed by atoms with E-state index >= 15 is 0 Å². The molecule has 0 saturated carbocycles. The van der Waals surface area contributed by atoms with Gasteiger partial charge in [-0.2, -0.15) is 0 Å². The largest absolute Gasteiger partial charge is 0.457 e. The molecule has 1 aliphatic heterocycles. The van der Waals surface area contributed by atoms with Crippen LogP contribution in [0.15, 0.2) is 28.8 Å². The van der Waals surface area contributed by atoms with Gasteiger partial charge in [0.05, 0.1) is 12.6 Å². The van der Waals surface area contributed by atoms with E-state index in [0.717, 1.165) is 23.3 Å². The quantitative estimate of drug-likeness (QED) is 0.890. The summed E-state index contributed by atoms with van der Waals surface area (Å²) < 4.78 is 5.62. The second-order valence-electron chi connectivity index (χ2n) is 4.25. The lowest BCUT2D eigenvalue weighted by atomic mass is 10.3. The molecule has 18 heavy (non-hydrogen) atoms. The molecular formula is C12H14ClN3O2. The number of likely N-dealkylation sites (tertiary alicyclic amines) is 1. The van der Waals surface area contributed by atoms with E-state index in [9.17, 15) is 4.79 Å². The first-order chi connectivity index (χ1) is 8.24. The van der Waals surface area contributed by atoms with Crippen molar-refractivity contribution in [3.63, 3.8) is 0 Å². The van der Waals surface area contributed by atoms with Gasteiger partial charge in [-0.05, 0) is 18.6 Å². The highest BCUT2D eigenvalue weighted by atomic mass is 35.5. The molecule has 3 rings (SSSR count). The number of halogens is 1. The third-order valence-electron chi connectivity index (χ3n) is 3.02. The molecule has 0 spiro atoms. The van der Waals surface area contributed by atoms with Gasteiger partial charge in [-0.15, -0.1) is 12.4 Å². The number of rotatable bonds is 2. The Balaban J connectivity index is 0.00000120. The Morgan fingerprint density at radius 1 is 1.56 bits per heavy atom. The maximum atomic E-state index is 11.7. The molecule has 0 aliphatic carbocycles. The summed E-state index contributed by atoms with van der Waals surface area (Å²) in [5.74, 6) is 0.750. The van der Waals surface area contributed by atoms with E-state index in [2.05, 4.69) is 4.98 Å². The van der Waals surface area contributed by atoms with E-state index in [1.54, 1.807) is 11.1 Å². The van der Waals surface area contributed by atoms with Gasteiger partial charge in [0.2, 0.25) is 5.91 Å². The first kappa shape index (κ1) is 12.9. The number of fused-ring (bicyclic) bond motifs is 1. The topological polar surface area (TPSA) is 72.4 Å². The van der Waals surface area contributed by atoms with E-state index in [0.29, 0.717) is 13.1 Å². The molecule has 0 bridgehead atoms. The van der Waals surface area contributed by atoms with Crippen molar-refractivity contribution in [2.24, 2.45) is 5.73 Å². The van der Waals surface area contributed by atoms with Gasteiger partial charge in [-0.3, -0.25) is 9.78 Å². The minimum Gasteiger partial charge on any atom is -0.457 e. The van der Waals surface area contributed by atoms with Crippen LogP contribution >= 0.6 is 12.4 Å². The number of hydrogen-bond donors (Lipinski definition) is 1. The second-order valence-corrected chi connectivity index (χ2v) is 4.25. The molecule has 2 aromatic heterocycles. The Morgan fingerprint density at radius 2 is 2.39 bits per heavy atom. The van der Waals surface area contributed by atoms with E-state index in [1.165, 1.54) is 0 Å². The minimum atomic E-state index is -0.350. The van der Waals surface area contributed by atoms with Crippen molar-refractivity contribution in [2.45, 2.75) is 19.0 Å². The van der Waals surface area contributed by atoms with E-state index < -0.39 is 0 Å². The fourth-order valence-corrected chi connectivity index (χ4v) is 2.11. The third-order valence-corrected chi connectivity index (χ3v) is 3.02. The molecule has 0 radical (unpaired) electrons. The van der Waals surface area contributed by atoms with Crippen molar-refractivity contribution >= 4 is 29.4 Å². The molecule has 0 aromatic carbocycles. The van der Waals surface area contributed by atoms with E-state index in [-0.39, 0.29) is 24.4 Å². The zero-order valence-corrected chi connectivity index (χ0v) is 10.5. The molecule has 0 unspecified atom stereocenters. The lowest BCUT2D eigenvalue weighted by molar-refractivity contribution is -0.129. The summed E-state index contributed by atoms with van der Waals surface area (Å²) >= 11 is 0. The molecule has 1 fully saturated rings. The van der Waals surface area contributed by atoms with Crippen LogP contribution in [0.25, 0.3) is 11.1 Å². The Hall–Kier alpha value is -1.59. The van der Waals surface area contributed by atoms with Gasteiger partial charge in [-0.25, -0.2) is 0 Å². The Morgan fingerprint density at radius 3 is 3.06 bits per heavy atom. The van der Waals surface area contributed by atoms with Crippen LogP contribution in [-0.2, 0) is 11.3 Å². The van der Waals surface area contributed by atoms with Gasteiger partial charge in [0.15, 0.2) is 5.58 Å². The first-order valence-corrected chi connectivity index (χ1v) is 5.62. The summed E-state index contributed by atoms with van der Waals surface area (Å²) in [6.45, 7) is 1.17. The Labute approximate surface area is 110 Å². The van der Waals surface area contributed by atoms with E-state index in [4.69, 9.17) is 10.2 Å². The van der Waals surface area contributed by atoms with Crippen molar-refractivity contribution < 1.29 is 9.21 Å².